The minimum absolute atomic E-state index is 0.0144. The van der Waals surface area contributed by atoms with E-state index in [1.165, 1.54) is 13.4 Å². The monoisotopic (exact) mass is 370 g/mol. The third-order valence-electron chi connectivity index (χ3n) is 4.32. The number of rotatable bonds is 6. The van der Waals surface area contributed by atoms with Crippen molar-refractivity contribution in [2.75, 3.05) is 7.11 Å². The number of methoxy groups -OCH3 is 1. The van der Waals surface area contributed by atoms with E-state index in [-0.39, 0.29) is 5.25 Å². The van der Waals surface area contributed by atoms with Gasteiger partial charge >= 0.3 is 0 Å². The average Bonchev–Trinajstić information content (AvgIpc) is 3.52. The van der Waals surface area contributed by atoms with Crippen LogP contribution in [0.5, 0.6) is 11.8 Å². The third-order valence-corrected chi connectivity index (χ3v) is 6.70. The molecule has 1 saturated carbocycles. The van der Waals surface area contributed by atoms with Crippen molar-refractivity contribution in [3.8, 4) is 11.8 Å². The Morgan fingerprint density at radius 3 is 2.58 bits per heavy atom. The molecule has 26 heavy (non-hydrogen) atoms. The van der Waals surface area contributed by atoms with Gasteiger partial charge in [-0.25, -0.2) is 23.9 Å². The molecule has 1 aliphatic carbocycles. The first-order valence-electron chi connectivity index (χ1n) is 8.22. The van der Waals surface area contributed by atoms with E-state index in [9.17, 15) is 4.21 Å². The standard InChI is InChI=1S/C18H18N4O3S/c1-24-18-16-15(8-9-20-18)17(22-11-21-16)25-10-12-2-4-13(5-3-12)26(19,23)14-6-7-14/h2-5,8-9,11,14,19H,6-7,10H2,1H3. The third kappa shape index (κ3) is 3.08. The molecule has 1 fully saturated rings. The second-order valence-corrected chi connectivity index (χ2v) is 8.47. The normalized spacial score (nSPS) is 16.2. The molecular formula is C18H18N4O3S. The van der Waals surface area contributed by atoms with E-state index in [0.29, 0.717) is 28.8 Å². The number of aromatic nitrogens is 3. The van der Waals surface area contributed by atoms with Gasteiger partial charge < -0.3 is 9.47 Å². The maximum Gasteiger partial charge on any atom is 0.240 e. The number of nitrogens with zero attached hydrogens (tertiary/aromatic N) is 3. The highest BCUT2D eigenvalue weighted by Crippen LogP contribution is 2.34. The van der Waals surface area contributed by atoms with Crippen LogP contribution in [-0.4, -0.2) is 31.5 Å². The Morgan fingerprint density at radius 1 is 1.12 bits per heavy atom. The van der Waals surface area contributed by atoms with Gasteiger partial charge in [-0.05, 0) is 36.6 Å². The molecule has 1 aromatic carbocycles. The SMILES string of the molecule is COc1nccc2c(OCc3ccc(S(=N)(=O)C4CC4)cc3)ncnc12. The molecule has 1 N–H and O–H groups in total. The van der Waals surface area contributed by atoms with E-state index < -0.39 is 9.73 Å². The molecule has 134 valence electrons. The fourth-order valence-electron chi connectivity index (χ4n) is 2.74. The first kappa shape index (κ1) is 16.7. The summed E-state index contributed by atoms with van der Waals surface area (Å²) < 4.78 is 31.6. The first-order chi connectivity index (χ1) is 12.6. The topological polar surface area (TPSA) is 98.1 Å². The molecule has 1 unspecified atom stereocenters. The molecule has 2 aromatic heterocycles. The van der Waals surface area contributed by atoms with Crippen molar-refractivity contribution in [3.05, 3.63) is 48.4 Å². The average molecular weight is 370 g/mol. The quantitative estimate of drug-likeness (QED) is 0.715. The second-order valence-electron chi connectivity index (χ2n) is 6.13. The Labute approximate surface area is 151 Å². The molecule has 0 saturated heterocycles. The van der Waals surface area contributed by atoms with Gasteiger partial charge in [0, 0.05) is 16.3 Å². The molecule has 4 rings (SSSR count). The lowest BCUT2D eigenvalue weighted by atomic mass is 10.2. The molecular weight excluding hydrogens is 352 g/mol. The Hall–Kier alpha value is -2.74. The van der Waals surface area contributed by atoms with Crippen LogP contribution in [0.25, 0.3) is 10.9 Å². The Morgan fingerprint density at radius 2 is 1.88 bits per heavy atom. The zero-order valence-corrected chi connectivity index (χ0v) is 15.0. The molecule has 3 aromatic rings. The van der Waals surface area contributed by atoms with Gasteiger partial charge in [-0.15, -0.1) is 0 Å². The molecule has 0 amide bonds. The van der Waals surface area contributed by atoms with E-state index in [2.05, 4.69) is 15.0 Å². The predicted octanol–water partition coefficient (Wildman–Crippen LogP) is 3.18. The van der Waals surface area contributed by atoms with Crippen LogP contribution in [-0.2, 0) is 16.3 Å². The number of benzene rings is 1. The number of hydrogen-bond acceptors (Lipinski definition) is 7. The highest BCUT2D eigenvalue weighted by Gasteiger charge is 2.33. The molecule has 0 radical (unpaired) electrons. The van der Waals surface area contributed by atoms with Crippen LogP contribution in [0.4, 0.5) is 0 Å². The van der Waals surface area contributed by atoms with Crippen molar-refractivity contribution in [1.82, 2.24) is 15.0 Å². The lowest BCUT2D eigenvalue weighted by Crippen LogP contribution is -2.05. The van der Waals surface area contributed by atoms with Crippen LogP contribution in [0.15, 0.2) is 47.8 Å². The number of nitrogens with one attached hydrogen (secondary N) is 1. The number of pyridine rings is 1. The van der Waals surface area contributed by atoms with Gasteiger partial charge in [0.25, 0.3) is 0 Å². The van der Waals surface area contributed by atoms with Crippen LogP contribution in [0.1, 0.15) is 18.4 Å². The molecule has 7 nitrogen and oxygen atoms in total. The molecule has 0 spiro atoms. The van der Waals surface area contributed by atoms with Gasteiger partial charge in [0.15, 0.2) is 0 Å². The molecule has 0 bridgehead atoms. The van der Waals surface area contributed by atoms with Gasteiger partial charge in [0.2, 0.25) is 11.8 Å². The Bertz CT molecular complexity index is 1050. The minimum Gasteiger partial charge on any atom is -0.479 e. The number of ether oxygens (including phenoxy) is 2. The van der Waals surface area contributed by atoms with Crippen molar-refractivity contribution >= 4 is 20.6 Å². The van der Waals surface area contributed by atoms with Crippen molar-refractivity contribution < 1.29 is 13.7 Å². The zero-order valence-electron chi connectivity index (χ0n) is 14.2. The maximum atomic E-state index is 12.4. The van der Waals surface area contributed by atoms with Gasteiger partial charge in [-0.2, -0.15) is 0 Å². The van der Waals surface area contributed by atoms with Crippen molar-refractivity contribution in [2.24, 2.45) is 0 Å². The van der Waals surface area contributed by atoms with Gasteiger partial charge in [-0.3, -0.25) is 0 Å². The maximum absolute atomic E-state index is 12.4. The highest BCUT2D eigenvalue weighted by atomic mass is 32.2. The van der Waals surface area contributed by atoms with Crippen molar-refractivity contribution in [3.63, 3.8) is 0 Å². The lowest BCUT2D eigenvalue weighted by Gasteiger charge is -2.10. The van der Waals surface area contributed by atoms with E-state index in [0.717, 1.165) is 23.8 Å². The summed E-state index contributed by atoms with van der Waals surface area (Å²) in [4.78, 5) is 13.1. The van der Waals surface area contributed by atoms with E-state index in [4.69, 9.17) is 14.3 Å². The summed E-state index contributed by atoms with van der Waals surface area (Å²) in [6.45, 7) is 0.305. The van der Waals surface area contributed by atoms with Crippen LogP contribution < -0.4 is 9.47 Å². The molecule has 1 atom stereocenters. The summed E-state index contributed by atoms with van der Waals surface area (Å²) in [5.74, 6) is 0.867. The van der Waals surface area contributed by atoms with E-state index in [1.54, 1.807) is 24.4 Å². The second kappa shape index (κ2) is 6.53. The summed E-state index contributed by atoms with van der Waals surface area (Å²) in [5.41, 5.74) is 1.50. The van der Waals surface area contributed by atoms with Crippen molar-refractivity contribution in [2.45, 2.75) is 29.6 Å². The Balaban J connectivity index is 1.53. The van der Waals surface area contributed by atoms with Gasteiger partial charge in [0.05, 0.1) is 22.2 Å². The fraction of sp³-hybridized carbons (Fsp3) is 0.278. The Kier molecular flexibility index (Phi) is 4.20. The van der Waals surface area contributed by atoms with Crippen LogP contribution >= 0.6 is 0 Å². The largest absolute Gasteiger partial charge is 0.479 e. The number of hydrogen-bond donors (Lipinski definition) is 1. The smallest absolute Gasteiger partial charge is 0.240 e. The molecule has 0 aliphatic heterocycles. The summed E-state index contributed by atoms with van der Waals surface area (Å²) in [6, 6.07) is 8.99. The fourth-order valence-corrected chi connectivity index (χ4v) is 4.46. The summed E-state index contributed by atoms with van der Waals surface area (Å²) in [6.07, 6.45) is 4.80. The van der Waals surface area contributed by atoms with Crippen LogP contribution in [0, 0.1) is 4.78 Å². The minimum atomic E-state index is -2.67. The van der Waals surface area contributed by atoms with E-state index in [1.807, 2.05) is 12.1 Å². The molecule has 1 aliphatic rings. The highest BCUT2D eigenvalue weighted by molar-refractivity contribution is 7.93. The lowest BCUT2D eigenvalue weighted by molar-refractivity contribution is 0.297. The van der Waals surface area contributed by atoms with Crippen LogP contribution in [0.3, 0.4) is 0 Å². The zero-order chi connectivity index (χ0) is 18.1. The predicted molar refractivity (Wildman–Crippen MR) is 96.8 cm³/mol. The van der Waals surface area contributed by atoms with Crippen molar-refractivity contribution in [1.29, 1.82) is 4.78 Å². The van der Waals surface area contributed by atoms with E-state index >= 15 is 0 Å². The van der Waals surface area contributed by atoms with Crippen LogP contribution in [0.2, 0.25) is 0 Å². The molecule has 8 heteroatoms. The first-order valence-corrected chi connectivity index (χ1v) is 9.85. The summed E-state index contributed by atoms with van der Waals surface area (Å²) in [7, 11) is -1.13. The van der Waals surface area contributed by atoms with Gasteiger partial charge in [-0.1, -0.05) is 12.1 Å². The van der Waals surface area contributed by atoms with Gasteiger partial charge in [0.1, 0.15) is 18.5 Å². The summed E-state index contributed by atoms with van der Waals surface area (Å²) in [5, 5.41) is 0.736. The number of fused-ring (bicyclic) bond motifs is 1. The summed E-state index contributed by atoms with van der Waals surface area (Å²) >= 11 is 0. The molecule has 2 heterocycles.